The van der Waals surface area contributed by atoms with Crippen molar-refractivity contribution in [1.82, 2.24) is 0 Å². The molecule has 2 N–H and O–H groups in total. The molecule has 0 aromatic heterocycles. The number of hydrogen-bond acceptors (Lipinski definition) is 3. The third-order valence-electron chi connectivity index (χ3n) is 1.81. The normalized spacial score (nSPS) is 11.8. The molecule has 3 nitrogen and oxygen atoms in total. The molecule has 0 bridgehead atoms. The van der Waals surface area contributed by atoms with Gasteiger partial charge in [-0.05, 0) is 18.6 Å². The summed E-state index contributed by atoms with van der Waals surface area (Å²) in [5.74, 6) is 0. The van der Waals surface area contributed by atoms with Gasteiger partial charge in [0, 0.05) is 5.69 Å². The Kier molecular flexibility index (Phi) is 3.30. The Hall–Kier alpha value is -1.53. The summed E-state index contributed by atoms with van der Waals surface area (Å²) in [5, 5.41) is 20.3. The van der Waals surface area contributed by atoms with E-state index >= 15 is 0 Å². The predicted octanol–water partition coefficient (Wildman–Crippen LogP) is 1.29. The lowest BCUT2D eigenvalue weighted by Crippen LogP contribution is -2.21. The Morgan fingerprint density at radius 2 is 2.23 bits per heavy atom. The van der Waals surface area contributed by atoms with Gasteiger partial charge in [-0.2, -0.15) is 5.26 Å². The van der Waals surface area contributed by atoms with Crippen LogP contribution in [0.4, 0.5) is 5.69 Å². The maximum Gasteiger partial charge on any atom is 0.137 e. The molecule has 0 fully saturated rings. The first kappa shape index (κ1) is 9.56. The van der Waals surface area contributed by atoms with Crippen LogP contribution in [0.2, 0.25) is 0 Å². The van der Waals surface area contributed by atoms with E-state index in [1.54, 1.807) is 0 Å². The monoisotopic (exact) mass is 176 g/mol. The van der Waals surface area contributed by atoms with Gasteiger partial charge in [-0.15, -0.1) is 0 Å². The van der Waals surface area contributed by atoms with Crippen LogP contribution in [0.5, 0.6) is 0 Å². The highest BCUT2D eigenvalue weighted by Crippen LogP contribution is 2.13. The lowest BCUT2D eigenvalue weighted by Gasteiger charge is -2.11. The molecule has 68 valence electrons. The van der Waals surface area contributed by atoms with Crippen LogP contribution in [-0.4, -0.2) is 17.8 Å². The summed E-state index contributed by atoms with van der Waals surface area (Å²) >= 11 is 0. The van der Waals surface area contributed by atoms with Gasteiger partial charge in [-0.1, -0.05) is 18.2 Å². The highest BCUT2D eigenvalue weighted by atomic mass is 16.3. The molecule has 1 unspecified atom stereocenters. The fraction of sp³-hybridized carbons (Fsp3) is 0.300. The minimum atomic E-state index is -0.527. The summed E-state index contributed by atoms with van der Waals surface area (Å²) in [6, 6.07) is 9.10. The van der Waals surface area contributed by atoms with Gasteiger partial charge in [-0.25, -0.2) is 0 Å². The van der Waals surface area contributed by atoms with Gasteiger partial charge in [0.25, 0.3) is 0 Å². The number of rotatable bonds is 3. The van der Waals surface area contributed by atoms with Crippen molar-refractivity contribution >= 4 is 5.69 Å². The van der Waals surface area contributed by atoms with E-state index in [1.165, 1.54) is 0 Å². The summed E-state index contributed by atoms with van der Waals surface area (Å²) in [6.45, 7) is 1.78. The van der Waals surface area contributed by atoms with E-state index in [0.717, 1.165) is 11.3 Å². The van der Waals surface area contributed by atoms with Crippen LogP contribution in [0, 0.1) is 18.3 Å². The van der Waals surface area contributed by atoms with E-state index in [9.17, 15) is 0 Å². The molecule has 0 aliphatic carbocycles. The van der Waals surface area contributed by atoms with Crippen molar-refractivity contribution in [3.8, 4) is 6.07 Å². The fourth-order valence-corrected chi connectivity index (χ4v) is 1.04. The smallest absolute Gasteiger partial charge is 0.137 e. The fourth-order valence-electron chi connectivity index (χ4n) is 1.04. The number of benzene rings is 1. The van der Waals surface area contributed by atoms with E-state index in [1.807, 2.05) is 37.3 Å². The number of nitrogens with zero attached hydrogens (tertiary/aromatic N) is 1. The second-order valence-corrected chi connectivity index (χ2v) is 2.82. The quantitative estimate of drug-likeness (QED) is 0.729. The minimum Gasteiger partial charge on any atom is -0.393 e. The van der Waals surface area contributed by atoms with Crippen LogP contribution in [0.25, 0.3) is 0 Å². The Bertz CT molecular complexity index is 317. The third-order valence-corrected chi connectivity index (χ3v) is 1.81. The number of hydrogen-bond donors (Lipinski definition) is 2. The lowest BCUT2D eigenvalue weighted by molar-refractivity contribution is 0.293. The van der Waals surface area contributed by atoms with Gasteiger partial charge in [0.05, 0.1) is 12.7 Å². The molecule has 0 radical (unpaired) electrons. The minimum absolute atomic E-state index is 0.176. The zero-order valence-electron chi connectivity index (χ0n) is 7.49. The number of para-hydroxylation sites is 1. The maximum absolute atomic E-state index is 8.79. The number of nitriles is 1. The molecule has 0 amide bonds. The highest BCUT2D eigenvalue weighted by molar-refractivity contribution is 5.51. The Morgan fingerprint density at radius 3 is 2.77 bits per heavy atom. The molecule has 3 heteroatoms. The van der Waals surface area contributed by atoms with E-state index in [4.69, 9.17) is 10.4 Å². The van der Waals surface area contributed by atoms with Crippen LogP contribution >= 0.6 is 0 Å². The van der Waals surface area contributed by atoms with E-state index in [2.05, 4.69) is 5.32 Å². The molecule has 1 atom stereocenters. The van der Waals surface area contributed by atoms with Crippen LogP contribution in [0.3, 0.4) is 0 Å². The standard InChI is InChI=1S/C10H12N2O/c1-8-4-2-3-5-10(8)12-9(6-11)7-13/h2-5,9,12-13H,7H2,1H3. The maximum atomic E-state index is 8.79. The average Bonchev–Trinajstić information content (AvgIpc) is 2.17. The third kappa shape index (κ3) is 2.46. The van der Waals surface area contributed by atoms with Crippen LogP contribution in [0.15, 0.2) is 24.3 Å². The summed E-state index contributed by atoms with van der Waals surface area (Å²) in [5.41, 5.74) is 1.96. The first-order chi connectivity index (χ1) is 6.27. The van der Waals surface area contributed by atoms with Crippen molar-refractivity contribution in [2.75, 3.05) is 11.9 Å². The molecule has 0 heterocycles. The molecular weight excluding hydrogens is 164 g/mol. The van der Waals surface area contributed by atoms with Gasteiger partial charge in [0.1, 0.15) is 6.04 Å². The van der Waals surface area contributed by atoms with E-state index in [-0.39, 0.29) is 6.61 Å². The molecule has 0 saturated heterocycles. The topological polar surface area (TPSA) is 56.0 Å². The van der Waals surface area contributed by atoms with Crippen molar-refractivity contribution in [2.45, 2.75) is 13.0 Å². The SMILES string of the molecule is Cc1ccccc1NC(C#N)CO. The molecule has 1 aromatic carbocycles. The summed E-state index contributed by atoms with van der Waals surface area (Å²) in [6.07, 6.45) is 0. The zero-order valence-corrected chi connectivity index (χ0v) is 7.49. The van der Waals surface area contributed by atoms with Gasteiger partial charge in [0.15, 0.2) is 0 Å². The molecule has 1 aromatic rings. The van der Waals surface area contributed by atoms with Crippen molar-refractivity contribution in [3.05, 3.63) is 29.8 Å². The van der Waals surface area contributed by atoms with Crippen LogP contribution < -0.4 is 5.32 Å². The molecular formula is C10H12N2O. The number of aryl methyl sites for hydroxylation is 1. The largest absolute Gasteiger partial charge is 0.393 e. The summed E-state index contributed by atoms with van der Waals surface area (Å²) < 4.78 is 0. The van der Waals surface area contributed by atoms with E-state index in [0.29, 0.717) is 0 Å². The molecule has 1 rings (SSSR count). The zero-order chi connectivity index (χ0) is 9.68. The van der Waals surface area contributed by atoms with Crippen LogP contribution in [-0.2, 0) is 0 Å². The summed E-state index contributed by atoms with van der Waals surface area (Å²) in [7, 11) is 0. The summed E-state index contributed by atoms with van der Waals surface area (Å²) in [4.78, 5) is 0. The van der Waals surface area contributed by atoms with Crippen molar-refractivity contribution < 1.29 is 5.11 Å². The molecule has 0 aliphatic rings. The molecule has 0 aliphatic heterocycles. The Morgan fingerprint density at radius 1 is 1.54 bits per heavy atom. The lowest BCUT2D eigenvalue weighted by atomic mass is 10.2. The Balaban J connectivity index is 2.74. The number of nitrogens with one attached hydrogen (secondary N) is 1. The first-order valence-corrected chi connectivity index (χ1v) is 4.10. The number of aliphatic hydroxyl groups excluding tert-OH is 1. The molecule has 0 saturated carbocycles. The van der Waals surface area contributed by atoms with Crippen molar-refractivity contribution in [3.63, 3.8) is 0 Å². The van der Waals surface area contributed by atoms with Crippen LogP contribution in [0.1, 0.15) is 5.56 Å². The van der Waals surface area contributed by atoms with E-state index < -0.39 is 6.04 Å². The van der Waals surface area contributed by atoms with Gasteiger partial charge >= 0.3 is 0 Å². The average molecular weight is 176 g/mol. The predicted molar refractivity (Wildman–Crippen MR) is 51.3 cm³/mol. The van der Waals surface area contributed by atoms with Crippen molar-refractivity contribution in [2.24, 2.45) is 0 Å². The Labute approximate surface area is 77.6 Å². The number of anilines is 1. The molecule has 13 heavy (non-hydrogen) atoms. The van der Waals surface area contributed by atoms with Gasteiger partial charge in [-0.3, -0.25) is 0 Å². The second-order valence-electron chi connectivity index (χ2n) is 2.82. The van der Waals surface area contributed by atoms with Gasteiger partial charge < -0.3 is 10.4 Å². The first-order valence-electron chi connectivity index (χ1n) is 4.10. The van der Waals surface area contributed by atoms with Crippen molar-refractivity contribution in [1.29, 1.82) is 5.26 Å². The number of aliphatic hydroxyl groups is 1. The second kappa shape index (κ2) is 4.48. The highest BCUT2D eigenvalue weighted by Gasteiger charge is 2.05. The van der Waals surface area contributed by atoms with Gasteiger partial charge in [0.2, 0.25) is 0 Å². The molecule has 0 spiro atoms.